The van der Waals surface area contributed by atoms with Crippen molar-refractivity contribution in [2.75, 3.05) is 5.32 Å². The number of nitrogens with one attached hydrogen (secondary N) is 1. The van der Waals surface area contributed by atoms with Gasteiger partial charge >= 0.3 is 0 Å². The number of rotatable bonds is 4. The van der Waals surface area contributed by atoms with Crippen LogP contribution in [0.4, 0.5) is 10.2 Å². The van der Waals surface area contributed by atoms with E-state index in [-0.39, 0.29) is 34.5 Å². The number of aromatic nitrogens is 4. The summed E-state index contributed by atoms with van der Waals surface area (Å²) in [6.07, 6.45) is 2.37. The number of hydrogen-bond acceptors (Lipinski definition) is 5. The van der Waals surface area contributed by atoms with Crippen molar-refractivity contribution in [2.45, 2.75) is 25.9 Å². The normalized spacial score (nSPS) is 19.8. The van der Waals surface area contributed by atoms with Gasteiger partial charge in [-0.3, -0.25) is 4.79 Å². The van der Waals surface area contributed by atoms with E-state index in [0.717, 1.165) is 5.69 Å². The summed E-state index contributed by atoms with van der Waals surface area (Å²) in [5.41, 5.74) is 0.867. The number of aryl methyl sites for hydroxylation is 1. The highest BCUT2D eigenvalue weighted by molar-refractivity contribution is 6.29. The number of anilines is 1. The van der Waals surface area contributed by atoms with E-state index in [1.54, 1.807) is 6.20 Å². The third kappa shape index (κ3) is 3.19. The van der Waals surface area contributed by atoms with E-state index in [9.17, 15) is 9.18 Å². The van der Waals surface area contributed by atoms with Crippen molar-refractivity contribution in [3.05, 3.63) is 40.8 Å². The molecule has 114 valence electrons. The standard InChI is InChI=1S/C14H13ClFN5O/c1-7-2-3-17-13(18-7)8-4-9(8)14(22)21-11-5-10(15)19-12(6-16)20-11/h2-3,5,8-9H,4,6H2,1H3,(H,19,20,21,22). The molecule has 0 aliphatic heterocycles. The first-order chi connectivity index (χ1) is 10.6. The Balaban J connectivity index is 1.68. The van der Waals surface area contributed by atoms with E-state index in [2.05, 4.69) is 25.3 Å². The average molecular weight is 322 g/mol. The molecule has 1 saturated carbocycles. The van der Waals surface area contributed by atoms with Crippen molar-refractivity contribution in [1.82, 2.24) is 19.9 Å². The van der Waals surface area contributed by atoms with Gasteiger partial charge in [-0.2, -0.15) is 0 Å². The average Bonchev–Trinajstić information content (AvgIpc) is 3.27. The molecule has 0 bridgehead atoms. The van der Waals surface area contributed by atoms with Crippen LogP contribution in [0, 0.1) is 12.8 Å². The minimum absolute atomic E-state index is 0.0119. The number of alkyl halides is 1. The summed E-state index contributed by atoms with van der Waals surface area (Å²) < 4.78 is 12.6. The Labute approximate surface area is 131 Å². The molecule has 2 aromatic heterocycles. The first-order valence-electron chi connectivity index (χ1n) is 6.76. The molecule has 1 amide bonds. The fraction of sp³-hybridized carbons (Fsp3) is 0.357. The van der Waals surface area contributed by atoms with Crippen LogP contribution in [0.25, 0.3) is 0 Å². The van der Waals surface area contributed by atoms with E-state index >= 15 is 0 Å². The lowest BCUT2D eigenvalue weighted by Crippen LogP contribution is -2.16. The maximum atomic E-state index is 12.6. The third-order valence-electron chi connectivity index (χ3n) is 3.38. The van der Waals surface area contributed by atoms with E-state index in [1.807, 2.05) is 13.0 Å². The molecular formula is C14H13ClFN5O. The van der Waals surface area contributed by atoms with Crippen LogP contribution in [0.5, 0.6) is 0 Å². The van der Waals surface area contributed by atoms with Crippen molar-refractivity contribution in [3.8, 4) is 0 Å². The Morgan fingerprint density at radius 1 is 1.45 bits per heavy atom. The van der Waals surface area contributed by atoms with Gasteiger partial charge in [0.25, 0.3) is 0 Å². The van der Waals surface area contributed by atoms with Crippen LogP contribution in [-0.2, 0) is 11.5 Å². The molecule has 2 aromatic rings. The Hall–Kier alpha value is -2.15. The number of nitrogens with zero attached hydrogens (tertiary/aromatic N) is 4. The quantitative estimate of drug-likeness (QED) is 0.875. The lowest BCUT2D eigenvalue weighted by Gasteiger charge is -2.05. The second-order valence-corrected chi connectivity index (χ2v) is 5.51. The second kappa shape index (κ2) is 5.92. The summed E-state index contributed by atoms with van der Waals surface area (Å²) in [5.74, 6) is 0.424. The van der Waals surface area contributed by atoms with Crippen LogP contribution in [0.2, 0.25) is 5.15 Å². The van der Waals surface area contributed by atoms with Gasteiger partial charge in [0.1, 0.15) is 23.5 Å². The van der Waals surface area contributed by atoms with Crippen LogP contribution in [0.15, 0.2) is 18.3 Å². The van der Waals surface area contributed by atoms with Gasteiger partial charge in [-0.1, -0.05) is 11.6 Å². The first kappa shape index (κ1) is 14.8. The van der Waals surface area contributed by atoms with Gasteiger partial charge in [-0.05, 0) is 19.4 Å². The molecule has 0 radical (unpaired) electrons. The topological polar surface area (TPSA) is 80.7 Å². The highest BCUT2D eigenvalue weighted by Gasteiger charge is 2.46. The zero-order valence-corrected chi connectivity index (χ0v) is 12.5. The first-order valence-corrected chi connectivity index (χ1v) is 7.14. The number of hydrogen-bond donors (Lipinski definition) is 1. The molecule has 6 nitrogen and oxygen atoms in total. The lowest BCUT2D eigenvalue weighted by atomic mass is 10.2. The SMILES string of the molecule is Cc1ccnc(C2CC2C(=O)Nc2cc(Cl)nc(CF)n2)n1. The zero-order valence-electron chi connectivity index (χ0n) is 11.8. The van der Waals surface area contributed by atoms with Gasteiger partial charge < -0.3 is 5.32 Å². The van der Waals surface area contributed by atoms with Crippen molar-refractivity contribution in [1.29, 1.82) is 0 Å². The Morgan fingerprint density at radius 3 is 3.00 bits per heavy atom. The highest BCUT2D eigenvalue weighted by atomic mass is 35.5. The monoisotopic (exact) mass is 321 g/mol. The third-order valence-corrected chi connectivity index (χ3v) is 3.58. The predicted molar refractivity (Wildman–Crippen MR) is 78.1 cm³/mol. The molecule has 1 fully saturated rings. The molecule has 0 saturated heterocycles. The molecule has 1 aliphatic rings. The largest absolute Gasteiger partial charge is 0.310 e. The Morgan fingerprint density at radius 2 is 2.27 bits per heavy atom. The fourth-order valence-corrected chi connectivity index (χ4v) is 2.43. The van der Waals surface area contributed by atoms with Crippen molar-refractivity contribution >= 4 is 23.3 Å². The van der Waals surface area contributed by atoms with Crippen LogP contribution in [-0.4, -0.2) is 25.8 Å². The van der Waals surface area contributed by atoms with Gasteiger partial charge in [0.2, 0.25) is 5.91 Å². The minimum atomic E-state index is -0.841. The number of carbonyl (C=O) groups is 1. The van der Waals surface area contributed by atoms with E-state index in [1.165, 1.54) is 6.07 Å². The van der Waals surface area contributed by atoms with Gasteiger partial charge in [-0.15, -0.1) is 0 Å². The molecular weight excluding hydrogens is 309 g/mol. The summed E-state index contributed by atoms with van der Waals surface area (Å²) in [6.45, 7) is 1.04. The molecule has 22 heavy (non-hydrogen) atoms. The summed E-state index contributed by atoms with van der Waals surface area (Å²) in [4.78, 5) is 28.3. The molecule has 2 unspecified atom stereocenters. The minimum Gasteiger partial charge on any atom is -0.310 e. The maximum Gasteiger partial charge on any atom is 0.229 e. The van der Waals surface area contributed by atoms with Gasteiger partial charge in [0, 0.05) is 29.8 Å². The fourth-order valence-electron chi connectivity index (χ4n) is 2.22. The highest BCUT2D eigenvalue weighted by Crippen LogP contribution is 2.46. The van der Waals surface area contributed by atoms with E-state index in [0.29, 0.717) is 12.2 Å². The van der Waals surface area contributed by atoms with Crippen molar-refractivity contribution < 1.29 is 9.18 Å². The molecule has 0 aromatic carbocycles. The van der Waals surface area contributed by atoms with Crippen LogP contribution in [0.1, 0.15) is 29.7 Å². The number of carbonyl (C=O) groups excluding carboxylic acids is 1. The predicted octanol–water partition coefficient (Wildman–Crippen LogP) is 2.44. The molecule has 8 heteroatoms. The van der Waals surface area contributed by atoms with Gasteiger partial charge in [-0.25, -0.2) is 24.3 Å². The number of halogens is 2. The summed E-state index contributed by atoms with van der Waals surface area (Å²) in [5, 5.41) is 2.73. The molecule has 1 N–H and O–H groups in total. The lowest BCUT2D eigenvalue weighted by molar-refractivity contribution is -0.117. The van der Waals surface area contributed by atoms with Gasteiger partial charge in [0.15, 0.2) is 5.82 Å². The Bertz CT molecular complexity index is 726. The second-order valence-electron chi connectivity index (χ2n) is 5.12. The molecule has 3 rings (SSSR count). The smallest absolute Gasteiger partial charge is 0.229 e. The number of amides is 1. The summed E-state index contributed by atoms with van der Waals surface area (Å²) in [6, 6.07) is 3.20. The summed E-state index contributed by atoms with van der Waals surface area (Å²) in [7, 11) is 0. The Kier molecular flexibility index (Phi) is 3.98. The summed E-state index contributed by atoms with van der Waals surface area (Å²) >= 11 is 5.76. The van der Waals surface area contributed by atoms with E-state index in [4.69, 9.17) is 11.6 Å². The maximum absolute atomic E-state index is 12.6. The van der Waals surface area contributed by atoms with Crippen LogP contribution >= 0.6 is 11.6 Å². The molecule has 0 spiro atoms. The van der Waals surface area contributed by atoms with Crippen LogP contribution < -0.4 is 5.32 Å². The van der Waals surface area contributed by atoms with Crippen LogP contribution in [0.3, 0.4) is 0 Å². The molecule has 1 aliphatic carbocycles. The molecule has 2 atom stereocenters. The van der Waals surface area contributed by atoms with Crippen molar-refractivity contribution in [3.63, 3.8) is 0 Å². The van der Waals surface area contributed by atoms with E-state index < -0.39 is 6.67 Å². The molecule has 2 heterocycles. The van der Waals surface area contributed by atoms with Gasteiger partial charge in [0.05, 0.1) is 0 Å². The zero-order chi connectivity index (χ0) is 15.7. The van der Waals surface area contributed by atoms with Crippen molar-refractivity contribution in [2.24, 2.45) is 5.92 Å².